The number of ether oxygens (including phenoxy) is 2. The smallest absolute Gasteiger partial charge is 0.280 e. The summed E-state index contributed by atoms with van der Waals surface area (Å²) in [5.41, 5.74) is 2.52. The van der Waals surface area contributed by atoms with E-state index in [0.29, 0.717) is 32.9 Å². The minimum absolute atomic E-state index is 0.0960. The van der Waals surface area contributed by atoms with Gasteiger partial charge in [-0.05, 0) is 64.8 Å². The molecule has 0 spiro atoms. The summed E-state index contributed by atoms with van der Waals surface area (Å²) in [6.07, 6.45) is 1.75. The van der Waals surface area contributed by atoms with E-state index >= 15 is 0 Å². The van der Waals surface area contributed by atoms with E-state index < -0.39 is 0 Å². The third-order valence-electron chi connectivity index (χ3n) is 3.96. The van der Waals surface area contributed by atoms with Crippen LogP contribution in [0.4, 0.5) is 5.69 Å². The van der Waals surface area contributed by atoms with Gasteiger partial charge in [0.2, 0.25) is 0 Å². The molecule has 0 fully saturated rings. The Hall–Kier alpha value is -2.63. The number of amides is 1. The molecule has 0 bridgehead atoms. The van der Waals surface area contributed by atoms with Crippen molar-refractivity contribution in [3.8, 4) is 17.6 Å². The molecule has 0 saturated heterocycles. The van der Waals surface area contributed by atoms with E-state index in [-0.39, 0.29) is 12.5 Å². The number of hydrogen-bond acceptors (Lipinski definition) is 5. The van der Waals surface area contributed by atoms with E-state index in [9.17, 15) is 4.79 Å². The molecular formula is C20H15Br2N3O3. The third kappa shape index (κ3) is 4.11. The van der Waals surface area contributed by atoms with E-state index in [1.807, 2.05) is 30.3 Å². The highest BCUT2D eigenvalue weighted by Gasteiger charge is 2.29. The van der Waals surface area contributed by atoms with Gasteiger partial charge in [-0.3, -0.25) is 4.79 Å². The Bertz CT molecular complexity index is 1040. The Labute approximate surface area is 179 Å². The second-order valence-corrected chi connectivity index (χ2v) is 7.59. The average Bonchev–Trinajstić information content (AvgIpc) is 2.95. The molecular weight excluding hydrogens is 490 g/mol. The Morgan fingerprint density at radius 3 is 2.75 bits per heavy atom. The fourth-order valence-corrected chi connectivity index (χ4v) is 3.66. The van der Waals surface area contributed by atoms with Gasteiger partial charge < -0.3 is 9.47 Å². The second-order valence-electron chi connectivity index (χ2n) is 5.82. The molecule has 142 valence electrons. The number of hydrazone groups is 1. The molecule has 3 rings (SSSR count). The zero-order valence-electron chi connectivity index (χ0n) is 15.1. The topological polar surface area (TPSA) is 74.9 Å². The lowest BCUT2D eigenvalue weighted by atomic mass is 10.1. The highest BCUT2D eigenvalue weighted by Crippen LogP contribution is 2.37. The first-order chi connectivity index (χ1) is 13.4. The molecule has 28 heavy (non-hydrogen) atoms. The van der Waals surface area contributed by atoms with Crippen molar-refractivity contribution in [2.45, 2.75) is 6.92 Å². The fourth-order valence-electron chi connectivity index (χ4n) is 2.70. The summed E-state index contributed by atoms with van der Waals surface area (Å²) in [5, 5.41) is 14.5. The van der Waals surface area contributed by atoms with Crippen molar-refractivity contribution in [3.63, 3.8) is 0 Å². The molecule has 2 aromatic rings. The van der Waals surface area contributed by atoms with Crippen LogP contribution in [0.5, 0.6) is 11.5 Å². The summed E-state index contributed by atoms with van der Waals surface area (Å²) in [4.78, 5) is 12.9. The lowest BCUT2D eigenvalue weighted by molar-refractivity contribution is -0.114. The molecule has 0 unspecified atom stereocenters. The number of methoxy groups -OCH3 is 1. The number of carbonyl (C=O) groups excluding carboxylic acids is 1. The van der Waals surface area contributed by atoms with E-state index in [1.54, 1.807) is 25.1 Å². The van der Waals surface area contributed by atoms with Crippen molar-refractivity contribution in [3.05, 3.63) is 56.5 Å². The number of halogens is 2. The van der Waals surface area contributed by atoms with Gasteiger partial charge in [-0.15, -0.1) is 0 Å². The predicted octanol–water partition coefficient (Wildman–Crippen LogP) is 4.93. The molecule has 6 nitrogen and oxygen atoms in total. The maximum absolute atomic E-state index is 12.9. The highest BCUT2D eigenvalue weighted by atomic mass is 79.9. The van der Waals surface area contributed by atoms with Gasteiger partial charge in [-0.1, -0.05) is 22.0 Å². The van der Waals surface area contributed by atoms with Crippen LogP contribution in [0.3, 0.4) is 0 Å². The van der Waals surface area contributed by atoms with Crippen LogP contribution in [-0.2, 0) is 4.79 Å². The zero-order chi connectivity index (χ0) is 20.3. The van der Waals surface area contributed by atoms with Gasteiger partial charge in [0.15, 0.2) is 18.1 Å². The van der Waals surface area contributed by atoms with E-state index in [1.165, 1.54) is 12.1 Å². The third-order valence-corrected chi connectivity index (χ3v) is 5.04. The monoisotopic (exact) mass is 503 g/mol. The summed E-state index contributed by atoms with van der Waals surface area (Å²) in [6.45, 7) is 1.69. The Kier molecular flexibility index (Phi) is 6.17. The van der Waals surface area contributed by atoms with Crippen molar-refractivity contribution >= 4 is 55.2 Å². The highest BCUT2D eigenvalue weighted by molar-refractivity contribution is 9.10. The van der Waals surface area contributed by atoms with Crippen LogP contribution < -0.4 is 14.5 Å². The average molecular weight is 505 g/mol. The van der Waals surface area contributed by atoms with Gasteiger partial charge >= 0.3 is 0 Å². The number of nitriles is 1. The summed E-state index contributed by atoms with van der Waals surface area (Å²) < 4.78 is 12.3. The van der Waals surface area contributed by atoms with Gasteiger partial charge in [0, 0.05) is 4.47 Å². The number of benzene rings is 2. The van der Waals surface area contributed by atoms with E-state index in [0.717, 1.165) is 10.0 Å². The molecule has 0 aliphatic carbocycles. The summed E-state index contributed by atoms with van der Waals surface area (Å²) in [5.74, 6) is 0.681. The molecule has 1 amide bonds. The zero-order valence-corrected chi connectivity index (χ0v) is 18.2. The molecule has 1 aliphatic heterocycles. The van der Waals surface area contributed by atoms with Crippen molar-refractivity contribution in [2.75, 3.05) is 18.7 Å². The maximum Gasteiger partial charge on any atom is 0.280 e. The number of anilines is 1. The van der Waals surface area contributed by atoms with Crippen molar-refractivity contribution in [1.82, 2.24) is 0 Å². The maximum atomic E-state index is 12.9. The minimum atomic E-state index is -0.213. The van der Waals surface area contributed by atoms with Crippen LogP contribution in [0, 0.1) is 11.3 Å². The first kappa shape index (κ1) is 20.1. The Morgan fingerprint density at radius 1 is 1.29 bits per heavy atom. The van der Waals surface area contributed by atoms with E-state index in [4.69, 9.17) is 14.7 Å². The summed E-state index contributed by atoms with van der Waals surface area (Å²) in [7, 11) is 1.51. The molecule has 8 heteroatoms. The van der Waals surface area contributed by atoms with Gasteiger partial charge in [-0.2, -0.15) is 15.4 Å². The fraction of sp³-hybridized carbons (Fsp3) is 0.150. The standard InChI is InChI=1S/C20H15Br2N3O3/c1-12-16(20(26)25(24-12)15-5-3-4-14(21)11-15)8-13-9-17(22)19(28-7-6-23)18(10-13)27-2/h3-5,8-11H,7H2,1-2H3/b16-8-. The largest absolute Gasteiger partial charge is 0.493 e. The SMILES string of the molecule is COc1cc(/C=C2\C(=O)N(c3cccc(Br)c3)N=C2C)cc(Br)c1OCC#N. The quantitative estimate of drug-likeness (QED) is 0.541. The van der Waals surface area contributed by atoms with Crippen LogP contribution in [-0.4, -0.2) is 25.3 Å². The number of nitrogens with zero attached hydrogens (tertiary/aromatic N) is 3. The van der Waals surface area contributed by atoms with Crippen LogP contribution in [0.15, 0.2) is 56.0 Å². The lowest BCUT2D eigenvalue weighted by Gasteiger charge is -2.13. The molecule has 2 aromatic carbocycles. The minimum Gasteiger partial charge on any atom is -0.493 e. The van der Waals surface area contributed by atoms with E-state index in [2.05, 4.69) is 37.0 Å². The second kappa shape index (κ2) is 8.59. The van der Waals surface area contributed by atoms with Gasteiger partial charge in [0.05, 0.1) is 28.6 Å². The van der Waals surface area contributed by atoms with Crippen LogP contribution in [0.2, 0.25) is 0 Å². The predicted molar refractivity (Wildman–Crippen MR) is 115 cm³/mol. The molecule has 1 heterocycles. The Morgan fingerprint density at radius 2 is 2.07 bits per heavy atom. The normalized spacial score (nSPS) is 14.8. The van der Waals surface area contributed by atoms with Crippen molar-refractivity contribution < 1.29 is 14.3 Å². The lowest BCUT2D eigenvalue weighted by Crippen LogP contribution is -2.21. The van der Waals surface area contributed by atoms with Crippen molar-refractivity contribution in [2.24, 2.45) is 5.10 Å². The molecule has 0 aromatic heterocycles. The number of rotatable bonds is 5. The van der Waals surface area contributed by atoms with Gasteiger partial charge in [-0.25, -0.2) is 0 Å². The van der Waals surface area contributed by atoms with Crippen molar-refractivity contribution in [1.29, 1.82) is 5.26 Å². The number of carbonyl (C=O) groups is 1. The number of hydrogen-bond donors (Lipinski definition) is 0. The van der Waals surface area contributed by atoms with Crippen LogP contribution in [0.1, 0.15) is 12.5 Å². The molecule has 0 atom stereocenters. The van der Waals surface area contributed by atoms with Gasteiger partial charge in [0.1, 0.15) is 6.07 Å². The first-order valence-electron chi connectivity index (χ1n) is 8.19. The molecule has 0 N–H and O–H groups in total. The van der Waals surface area contributed by atoms with Gasteiger partial charge in [0.25, 0.3) is 5.91 Å². The van der Waals surface area contributed by atoms with Crippen LogP contribution >= 0.6 is 31.9 Å². The summed E-state index contributed by atoms with van der Waals surface area (Å²) in [6, 6.07) is 12.9. The first-order valence-corrected chi connectivity index (χ1v) is 9.77. The van der Waals surface area contributed by atoms with Crippen LogP contribution in [0.25, 0.3) is 6.08 Å². The summed E-state index contributed by atoms with van der Waals surface area (Å²) >= 11 is 6.84. The molecule has 1 aliphatic rings. The molecule has 0 saturated carbocycles. The molecule has 0 radical (unpaired) electrons. The Balaban J connectivity index is 1.96.